The van der Waals surface area contributed by atoms with Crippen molar-refractivity contribution in [3.63, 3.8) is 0 Å². The van der Waals surface area contributed by atoms with Gasteiger partial charge in [0.2, 0.25) is 0 Å². The number of benzene rings is 1. The van der Waals surface area contributed by atoms with Gasteiger partial charge in [-0.2, -0.15) is 0 Å². The predicted octanol–water partition coefficient (Wildman–Crippen LogP) is 3.37. The number of pyridine rings is 1. The topological polar surface area (TPSA) is 74.2 Å². The smallest absolute Gasteiger partial charge is 0.320 e. The lowest BCUT2D eigenvalue weighted by Gasteiger charge is -2.20. The van der Waals surface area contributed by atoms with Gasteiger partial charge in [0.15, 0.2) is 0 Å². The van der Waals surface area contributed by atoms with E-state index in [1.807, 2.05) is 56.3 Å². The number of carbonyl (C=O) groups is 1. The Balaban J connectivity index is 1.96. The number of aromatic nitrogens is 1. The van der Waals surface area contributed by atoms with Crippen LogP contribution in [0.3, 0.4) is 0 Å². The minimum absolute atomic E-state index is 0.0594. The van der Waals surface area contributed by atoms with Gasteiger partial charge in [0.1, 0.15) is 5.82 Å². The van der Waals surface area contributed by atoms with Gasteiger partial charge in [0, 0.05) is 18.2 Å². The minimum atomic E-state index is -0.429. The third kappa shape index (κ3) is 5.66. The van der Waals surface area contributed by atoms with E-state index in [4.69, 9.17) is 0 Å². The van der Waals surface area contributed by atoms with Crippen LogP contribution in [-0.2, 0) is 0 Å². The van der Waals surface area contributed by atoms with Crippen molar-refractivity contribution in [1.82, 2.24) is 10.3 Å². The van der Waals surface area contributed by atoms with E-state index in [2.05, 4.69) is 15.6 Å². The van der Waals surface area contributed by atoms with Gasteiger partial charge >= 0.3 is 6.03 Å². The molecule has 5 heteroatoms. The second-order valence-electron chi connectivity index (χ2n) is 6.20. The van der Waals surface area contributed by atoms with Crippen LogP contribution in [0, 0.1) is 13.8 Å². The Hall–Kier alpha value is -2.40. The van der Waals surface area contributed by atoms with E-state index >= 15 is 0 Å². The summed E-state index contributed by atoms with van der Waals surface area (Å²) in [5.74, 6) is 0.598. The van der Waals surface area contributed by atoms with Gasteiger partial charge in [-0.05, 0) is 50.5 Å². The number of nitrogens with zero attached hydrogens (tertiary/aromatic N) is 1. The maximum absolute atomic E-state index is 12.1. The summed E-state index contributed by atoms with van der Waals surface area (Å²) < 4.78 is 0. The van der Waals surface area contributed by atoms with E-state index in [1.54, 1.807) is 6.92 Å². The number of aliphatic hydroxyl groups is 1. The Kier molecular flexibility index (Phi) is 6.32. The van der Waals surface area contributed by atoms with Crippen molar-refractivity contribution in [2.24, 2.45) is 0 Å². The lowest BCUT2D eigenvalue weighted by molar-refractivity contribution is 0.173. The van der Waals surface area contributed by atoms with Crippen molar-refractivity contribution in [3.05, 3.63) is 59.3 Å². The summed E-state index contributed by atoms with van der Waals surface area (Å²) in [4.78, 5) is 16.4. The first-order chi connectivity index (χ1) is 11.4. The minimum Gasteiger partial charge on any atom is -0.393 e. The van der Waals surface area contributed by atoms with E-state index in [-0.39, 0.29) is 11.9 Å². The zero-order valence-corrected chi connectivity index (χ0v) is 14.4. The first-order valence-electron chi connectivity index (χ1n) is 8.17. The normalized spacial score (nSPS) is 13.2. The van der Waals surface area contributed by atoms with Crippen LogP contribution < -0.4 is 10.6 Å². The van der Waals surface area contributed by atoms with Crippen molar-refractivity contribution in [2.45, 2.75) is 39.2 Å². The second kappa shape index (κ2) is 8.45. The summed E-state index contributed by atoms with van der Waals surface area (Å²) in [6.07, 6.45) is 0.160. The fourth-order valence-electron chi connectivity index (χ4n) is 2.76. The third-order valence-corrected chi connectivity index (χ3v) is 3.74. The van der Waals surface area contributed by atoms with E-state index in [0.717, 1.165) is 16.8 Å². The van der Waals surface area contributed by atoms with E-state index < -0.39 is 6.10 Å². The molecule has 1 aromatic heterocycles. The molecule has 128 valence electrons. The summed E-state index contributed by atoms with van der Waals surface area (Å²) in [6, 6.07) is 13.4. The van der Waals surface area contributed by atoms with E-state index in [0.29, 0.717) is 18.8 Å². The molecule has 0 aliphatic rings. The average Bonchev–Trinajstić information content (AvgIpc) is 2.51. The SMILES string of the molecule is Cc1cc(C)nc(NC(=O)NC[C@H](C[C@H](C)O)c2ccccc2)c1. The Morgan fingerprint density at radius 3 is 2.54 bits per heavy atom. The van der Waals surface area contributed by atoms with Crippen LogP contribution in [0.5, 0.6) is 0 Å². The highest BCUT2D eigenvalue weighted by atomic mass is 16.3. The number of rotatable bonds is 6. The van der Waals surface area contributed by atoms with Gasteiger partial charge in [-0.1, -0.05) is 30.3 Å². The first kappa shape index (κ1) is 17.9. The number of anilines is 1. The molecule has 24 heavy (non-hydrogen) atoms. The van der Waals surface area contributed by atoms with Crippen molar-refractivity contribution in [1.29, 1.82) is 0 Å². The number of urea groups is 1. The molecule has 0 bridgehead atoms. The van der Waals surface area contributed by atoms with Gasteiger partial charge in [-0.3, -0.25) is 5.32 Å². The molecule has 2 amide bonds. The molecule has 0 fully saturated rings. The number of carbonyl (C=O) groups excluding carboxylic acids is 1. The molecule has 5 nitrogen and oxygen atoms in total. The van der Waals surface area contributed by atoms with Crippen LogP contribution in [-0.4, -0.2) is 28.8 Å². The maximum atomic E-state index is 12.1. The highest BCUT2D eigenvalue weighted by Crippen LogP contribution is 2.20. The van der Waals surface area contributed by atoms with Crippen LogP contribution in [0.15, 0.2) is 42.5 Å². The average molecular weight is 327 g/mol. The lowest BCUT2D eigenvalue weighted by Crippen LogP contribution is -2.33. The molecule has 0 spiro atoms. The lowest BCUT2D eigenvalue weighted by atomic mass is 9.93. The third-order valence-electron chi connectivity index (χ3n) is 3.74. The van der Waals surface area contributed by atoms with E-state index in [1.165, 1.54) is 0 Å². The largest absolute Gasteiger partial charge is 0.393 e. The van der Waals surface area contributed by atoms with E-state index in [9.17, 15) is 9.90 Å². The molecule has 2 rings (SSSR count). The predicted molar refractivity (Wildman–Crippen MR) is 96.2 cm³/mol. The molecule has 3 N–H and O–H groups in total. The number of nitrogens with one attached hydrogen (secondary N) is 2. The van der Waals surface area contributed by atoms with Crippen molar-refractivity contribution in [2.75, 3.05) is 11.9 Å². The molecule has 0 unspecified atom stereocenters. The molecule has 2 aromatic rings. The summed E-state index contributed by atoms with van der Waals surface area (Å²) in [6.45, 7) is 6.07. The van der Waals surface area contributed by atoms with Gasteiger partial charge in [-0.15, -0.1) is 0 Å². The highest BCUT2D eigenvalue weighted by molar-refractivity contribution is 5.88. The summed E-state index contributed by atoms with van der Waals surface area (Å²) in [5.41, 5.74) is 3.01. The maximum Gasteiger partial charge on any atom is 0.320 e. The molecule has 1 aromatic carbocycles. The molecule has 0 aliphatic carbocycles. The first-order valence-corrected chi connectivity index (χ1v) is 8.17. The number of hydrogen-bond donors (Lipinski definition) is 3. The molecule has 0 radical (unpaired) electrons. The fourth-order valence-corrected chi connectivity index (χ4v) is 2.76. The van der Waals surface area contributed by atoms with Gasteiger partial charge in [0.25, 0.3) is 0 Å². The summed E-state index contributed by atoms with van der Waals surface area (Å²) in [7, 11) is 0. The fraction of sp³-hybridized carbons (Fsp3) is 0.368. The number of aliphatic hydroxyl groups excluding tert-OH is 1. The molecular formula is C19H25N3O2. The number of hydrogen-bond acceptors (Lipinski definition) is 3. The summed E-state index contributed by atoms with van der Waals surface area (Å²) >= 11 is 0. The van der Waals surface area contributed by atoms with Crippen molar-refractivity contribution >= 4 is 11.8 Å². The Morgan fingerprint density at radius 1 is 1.21 bits per heavy atom. The molecule has 0 saturated carbocycles. The quantitative estimate of drug-likeness (QED) is 0.761. The zero-order chi connectivity index (χ0) is 17.5. The number of amides is 2. The molecule has 1 heterocycles. The van der Waals surface area contributed by atoms with Crippen LogP contribution in [0.2, 0.25) is 0 Å². The van der Waals surface area contributed by atoms with Crippen LogP contribution in [0.1, 0.15) is 36.1 Å². The summed E-state index contributed by atoms with van der Waals surface area (Å²) in [5, 5.41) is 15.3. The van der Waals surface area contributed by atoms with Crippen molar-refractivity contribution in [3.8, 4) is 0 Å². The molecule has 0 aliphatic heterocycles. The van der Waals surface area contributed by atoms with Crippen LogP contribution in [0.4, 0.5) is 10.6 Å². The molecule has 2 atom stereocenters. The van der Waals surface area contributed by atoms with Crippen LogP contribution >= 0.6 is 0 Å². The van der Waals surface area contributed by atoms with Gasteiger partial charge in [0.05, 0.1) is 6.10 Å². The highest BCUT2D eigenvalue weighted by Gasteiger charge is 2.15. The standard InChI is InChI=1S/C19H25N3O2/c1-13-9-14(2)21-18(10-13)22-19(24)20-12-17(11-15(3)23)16-7-5-4-6-8-16/h4-10,15,17,23H,11-12H2,1-3H3,(H2,20,21,22,24)/t15-,17-/m0/s1. The monoisotopic (exact) mass is 327 g/mol. The van der Waals surface area contributed by atoms with Crippen molar-refractivity contribution < 1.29 is 9.90 Å². The van der Waals surface area contributed by atoms with Gasteiger partial charge < -0.3 is 10.4 Å². The molecule has 0 saturated heterocycles. The molecular weight excluding hydrogens is 302 g/mol. The number of aryl methyl sites for hydroxylation is 2. The van der Waals surface area contributed by atoms with Crippen LogP contribution in [0.25, 0.3) is 0 Å². The second-order valence-corrected chi connectivity index (χ2v) is 6.20. The van der Waals surface area contributed by atoms with Gasteiger partial charge in [-0.25, -0.2) is 9.78 Å². The Bertz CT molecular complexity index is 651. The zero-order valence-electron chi connectivity index (χ0n) is 14.4. The Morgan fingerprint density at radius 2 is 1.92 bits per heavy atom. The Labute approximate surface area is 143 Å².